The zero-order valence-corrected chi connectivity index (χ0v) is 14.5. The average Bonchev–Trinajstić information content (AvgIpc) is 2.99. The lowest BCUT2D eigenvalue weighted by Gasteiger charge is -2.26. The summed E-state index contributed by atoms with van der Waals surface area (Å²) in [5, 5.41) is 3.27. The SMILES string of the molecule is CN1C(=O)CCc2cc(NC3CCN(c4ccccc4F)C3=O)ccc21. The van der Waals surface area contributed by atoms with Crippen molar-refractivity contribution < 1.29 is 14.0 Å². The Morgan fingerprint density at radius 3 is 2.69 bits per heavy atom. The van der Waals surface area contributed by atoms with Gasteiger partial charge in [-0.05, 0) is 48.7 Å². The van der Waals surface area contributed by atoms with Gasteiger partial charge in [-0.1, -0.05) is 12.1 Å². The van der Waals surface area contributed by atoms with Crippen LogP contribution in [0.3, 0.4) is 0 Å². The van der Waals surface area contributed by atoms with Crippen LogP contribution in [0.5, 0.6) is 0 Å². The number of anilines is 3. The van der Waals surface area contributed by atoms with Gasteiger partial charge in [-0.15, -0.1) is 0 Å². The summed E-state index contributed by atoms with van der Waals surface area (Å²) in [6.07, 6.45) is 1.81. The number of carbonyl (C=O) groups is 2. The van der Waals surface area contributed by atoms with Crippen molar-refractivity contribution in [3.05, 3.63) is 53.8 Å². The molecule has 0 spiro atoms. The number of nitrogens with zero attached hydrogens (tertiary/aromatic N) is 2. The summed E-state index contributed by atoms with van der Waals surface area (Å²) in [5.74, 6) is -0.396. The zero-order chi connectivity index (χ0) is 18.3. The van der Waals surface area contributed by atoms with Crippen molar-refractivity contribution in [1.82, 2.24) is 0 Å². The molecule has 0 saturated carbocycles. The van der Waals surface area contributed by atoms with Crippen LogP contribution in [-0.2, 0) is 16.0 Å². The second-order valence-corrected chi connectivity index (χ2v) is 6.72. The van der Waals surface area contributed by atoms with E-state index in [4.69, 9.17) is 0 Å². The Morgan fingerprint density at radius 1 is 1.08 bits per heavy atom. The molecule has 2 heterocycles. The molecule has 0 radical (unpaired) electrons. The Labute approximate surface area is 151 Å². The molecular weight excluding hydrogens is 333 g/mol. The predicted octanol–water partition coefficient (Wildman–Crippen LogP) is 2.95. The maximum atomic E-state index is 14.0. The van der Waals surface area contributed by atoms with E-state index in [9.17, 15) is 14.0 Å². The highest BCUT2D eigenvalue weighted by atomic mass is 19.1. The molecule has 6 heteroatoms. The van der Waals surface area contributed by atoms with Crippen molar-refractivity contribution >= 4 is 28.9 Å². The quantitative estimate of drug-likeness (QED) is 0.923. The molecule has 2 aliphatic rings. The van der Waals surface area contributed by atoms with E-state index in [1.54, 1.807) is 30.1 Å². The van der Waals surface area contributed by atoms with E-state index >= 15 is 0 Å². The first-order valence-electron chi connectivity index (χ1n) is 8.76. The van der Waals surface area contributed by atoms with Gasteiger partial charge in [0.2, 0.25) is 11.8 Å². The molecule has 134 valence electrons. The van der Waals surface area contributed by atoms with Crippen LogP contribution in [0, 0.1) is 5.82 Å². The van der Waals surface area contributed by atoms with E-state index in [-0.39, 0.29) is 23.7 Å². The third-order valence-electron chi connectivity index (χ3n) is 5.11. The van der Waals surface area contributed by atoms with Crippen molar-refractivity contribution in [3.63, 3.8) is 0 Å². The van der Waals surface area contributed by atoms with Crippen molar-refractivity contribution in [1.29, 1.82) is 0 Å². The minimum Gasteiger partial charge on any atom is -0.374 e. The number of carbonyl (C=O) groups excluding carboxylic acids is 2. The molecule has 0 aromatic heterocycles. The van der Waals surface area contributed by atoms with Gasteiger partial charge in [-0.25, -0.2) is 4.39 Å². The van der Waals surface area contributed by atoms with Crippen LogP contribution in [0.2, 0.25) is 0 Å². The molecule has 1 saturated heterocycles. The van der Waals surface area contributed by atoms with Crippen LogP contribution in [0.1, 0.15) is 18.4 Å². The van der Waals surface area contributed by atoms with E-state index in [0.29, 0.717) is 31.5 Å². The number of aryl methyl sites for hydroxylation is 1. The number of hydrogen-bond acceptors (Lipinski definition) is 3. The highest BCUT2D eigenvalue weighted by Gasteiger charge is 2.34. The summed E-state index contributed by atoms with van der Waals surface area (Å²) in [4.78, 5) is 27.6. The molecule has 0 aliphatic carbocycles. The number of rotatable bonds is 3. The second-order valence-electron chi connectivity index (χ2n) is 6.72. The third kappa shape index (κ3) is 2.81. The summed E-state index contributed by atoms with van der Waals surface area (Å²) in [5.41, 5.74) is 3.18. The van der Waals surface area contributed by atoms with Crippen molar-refractivity contribution in [3.8, 4) is 0 Å². The topological polar surface area (TPSA) is 52.7 Å². The van der Waals surface area contributed by atoms with E-state index in [2.05, 4.69) is 5.32 Å². The third-order valence-corrected chi connectivity index (χ3v) is 5.11. The van der Waals surface area contributed by atoms with E-state index < -0.39 is 0 Å². The van der Waals surface area contributed by atoms with Gasteiger partial charge in [0.1, 0.15) is 11.9 Å². The van der Waals surface area contributed by atoms with Crippen LogP contribution >= 0.6 is 0 Å². The Hall–Kier alpha value is -2.89. The summed E-state index contributed by atoms with van der Waals surface area (Å²) in [6, 6.07) is 11.7. The van der Waals surface area contributed by atoms with Crippen molar-refractivity contribution in [2.45, 2.75) is 25.3 Å². The fraction of sp³-hybridized carbons (Fsp3) is 0.300. The van der Waals surface area contributed by atoms with E-state index in [1.165, 1.54) is 11.0 Å². The summed E-state index contributed by atoms with van der Waals surface area (Å²) < 4.78 is 14.0. The predicted molar refractivity (Wildman–Crippen MR) is 99.0 cm³/mol. The minimum atomic E-state index is -0.386. The highest BCUT2D eigenvalue weighted by Crippen LogP contribution is 2.31. The molecule has 4 rings (SSSR count). The maximum Gasteiger partial charge on any atom is 0.249 e. The summed E-state index contributed by atoms with van der Waals surface area (Å²) >= 11 is 0. The number of nitrogens with one attached hydrogen (secondary N) is 1. The van der Waals surface area contributed by atoms with E-state index in [0.717, 1.165) is 16.9 Å². The number of halogens is 1. The van der Waals surface area contributed by atoms with Crippen LogP contribution in [0.4, 0.5) is 21.5 Å². The molecule has 5 nitrogen and oxygen atoms in total. The molecule has 2 aromatic carbocycles. The Morgan fingerprint density at radius 2 is 1.88 bits per heavy atom. The van der Waals surface area contributed by atoms with Gasteiger partial charge >= 0.3 is 0 Å². The molecule has 1 atom stereocenters. The van der Waals surface area contributed by atoms with Gasteiger partial charge in [-0.2, -0.15) is 0 Å². The largest absolute Gasteiger partial charge is 0.374 e. The molecule has 0 bridgehead atoms. The van der Waals surface area contributed by atoms with Gasteiger partial charge in [0.05, 0.1) is 5.69 Å². The van der Waals surface area contributed by atoms with Crippen LogP contribution < -0.4 is 15.1 Å². The van der Waals surface area contributed by atoms with Crippen molar-refractivity contribution in [2.24, 2.45) is 0 Å². The standard InChI is InChI=1S/C20H20FN3O2/c1-23-17-8-7-14(12-13(17)6-9-19(23)25)22-16-10-11-24(20(16)26)18-5-3-2-4-15(18)21/h2-5,7-8,12,16,22H,6,9-11H2,1H3. The van der Waals surface area contributed by atoms with Crippen LogP contribution in [0.25, 0.3) is 0 Å². The first kappa shape index (κ1) is 16.6. The molecule has 1 unspecified atom stereocenters. The molecule has 2 aromatic rings. The number of para-hydroxylation sites is 1. The summed E-state index contributed by atoms with van der Waals surface area (Å²) in [6.45, 7) is 0.486. The van der Waals surface area contributed by atoms with Gasteiger partial charge in [0.25, 0.3) is 0 Å². The van der Waals surface area contributed by atoms with Gasteiger partial charge < -0.3 is 15.1 Å². The monoisotopic (exact) mass is 353 g/mol. The molecule has 2 aliphatic heterocycles. The Kier molecular flexibility index (Phi) is 4.11. The first-order valence-corrected chi connectivity index (χ1v) is 8.76. The van der Waals surface area contributed by atoms with E-state index in [1.807, 2.05) is 18.2 Å². The van der Waals surface area contributed by atoms with Gasteiger partial charge in [-0.3, -0.25) is 9.59 Å². The lowest BCUT2D eigenvalue weighted by atomic mass is 10.0. The average molecular weight is 353 g/mol. The number of hydrogen-bond donors (Lipinski definition) is 1. The number of amides is 2. The fourth-order valence-electron chi connectivity index (χ4n) is 3.67. The maximum absolute atomic E-state index is 14.0. The van der Waals surface area contributed by atoms with Crippen LogP contribution in [-0.4, -0.2) is 31.4 Å². The second kappa shape index (κ2) is 6.44. The van der Waals surface area contributed by atoms with Crippen LogP contribution in [0.15, 0.2) is 42.5 Å². The van der Waals surface area contributed by atoms with Gasteiger partial charge in [0.15, 0.2) is 0 Å². The highest BCUT2D eigenvalue weighted by molar-refractivity contribution is 6.01. The lowest BCUT2D eigenvalue weighted by Crippen LogP contribution is -2.34. The molecular formula is C20H20FN3O2. The van der Waals surface area contributed by atoms with Gasteiger partial charge in [0, 0.05) is 31.4 Å². The van der Waals surface area contributed by atoms with Crippen molar-refractivity contribution in [2.75, 3.05) is 28.7 Å². The Balaban J connectivity index is 1.51. The molecule has 2 amide bonds. The molecule has 1 N–H and O–H groups in total. The Bertz CT molecular complexity index is 883. The normalized spacial score (nSPS) is 19.7. The lowest BCUT2D eigenvalue weighted by molar-refractivity contribution is -0.119. The minimum absolute atomic E-state index is 0.115. The fourth-order valence-corrected chi connectivity index (χ4v) is 3.67. The summed E-state index contributed by atoms with van der Waals surface area (Å²) in [7, 11) is 1.78. The number of benzene rings is 2. The zero-order valence-electron chi connectivity index (χ0n) is 14.5. The molecule has 1 fully saturated rings. The molecule has 26 heavy (non-hydrogen) atoms. The first-order chi connectivity index (χ1) is 12.5. The number of fused-ring (bicyclic) bond motifs is 1. The smallest absolute Gasteiger partial charge is 0.249 e.